The Morgan fingerprint density at radius 2 is 2.07 bits per heavy atom. The molecule has 15 heavy (non-hydrogen) atoms. The molecule has 1 aromatic heterocycles. The fraction of sp³-hybridized carbons (Fsp3) is 0.643. The Morgan fingerprint density at radius 3 is 2.60 bits per heavy atom. The zero-order valence-electron chi connectivity index (χ0n) is 10.1. The number of pyridine rings is 1. The van der Waals surface area contributed by atoms with Crippen molar-refractivity contribution in [3.8, 4) is 0 Å². The fourth-order valence-electron chi connectivity index (χ4n) is 2.04. The van der Waals surface area contributed by atoms with Crippen molar-refractivity contribution >= 4 is 0 Å². The molecule has 2 rings (SSSR count). The van der Waals surface area contributed by atoms with Gasteiger partial charge in [-0.05, 0) is 30.0 Å². The summed E-state index contributed by atoms with van der Waals surface area (Å²) in [5.74, 6) is 0.945. The Labute approximate surface area is 92.9 Å². The van der Waals surface area contributed by atoms with E-state index in [4.69, 9.17) is 0 Å². The molecule has 0 aromatic carbocycles. The summed E-state index contributed by atoms with van der Waals surface area (Å²) in [6.45, 7) is 6.67. The molecular weight excluding hydrogens is 182 g/mol. The van der Waals surface area contributed by atoms with Crippen molar-refractivity contribution in [2.24, 2.45) is 5.92 Å². The van der Waals surface area contributed by atoms with Crippen LogP contribution in [-0.4, -0.2) is 4.98 Å². The minimum atomic E-state index is 0.176. The molecule has 0 unspecified atom stereocenters. The molecule has 0 radical (unpaired) electrons. The van der Waals surface area contributed by atoms with Gasteiger partial charge in [0.2, 0.25) is 0 Å². The number of nitrogens with zero attached hydrogens (tertiary/aromatic N) is 1. The van der Waals surface area contributed by atoms with Crippen molar-refractivity contribution in [3.05, 3.63) is 29.6 Å². The van der Waals surface area contributed by atoms with E-state index in [1.165, 1.54) is 36.9 Å². The first-order valence-electron chi connectivity index (χ1n) is 6.01. The smallest absolute Gasteiger partial charge is 0.0459 e. The molecule has 0 amide bonds. The quantitative estimate of drug-likeness (QED) is 0.714. The molecule has 1 aliphatic carbocycles. The molecule has 1 aliphatic rings. The Kier molecular flexibility index (Phi) is 2.81. The molecule has 1 nitrogen and oxygen atoms in total. The van der Waals surface area contributed by atoms with Gasteiger partial charge in [-0.25, -0.2) is 0 Å². The van der Waals surface area contributed by atoms with Gasteiger partial charge >= 0.3 is 0 Å². The molecule has 1 heteroatoms. The lowest BCUT2D eigenvalue weighted by Gasteiger charge is -2.26. The van der Waals surface area contributed by atoms with E-state index >= 15 is 0 Å². The number of aromatic nitrogens is 1. The summed E-state index contributed by atoms with van der Waals surface area (Å²) in [5, 5.41) is 0. The van der Waals surface area contributed by atoms with E-state index in [2.05, 4.69) is 37.9 Å². The second kappa shape index (κ2) is 3.96. The number of rotatable bonds is 2. The van der Waals surface area contributed by atoms with Crippen molar-refractivity contribution in [1.29, 1.82) is 0 Å². The molecule has 1 saturated carbocycles. The SMILES string of the molecule is CC(C)(C)c1cc(CC2CCC2)ccn1. The highest BCUT2D eigenvalue weighted by Gasteiger charge is 2.19. The average molecular weight is 203 g/mol. The zero-order chi connectivity index (χ0) is 10.9. The van der Waals surface area contributed by atoms with E-state index < -0.39 is 0 Å². The predicted octanol–water partition coefficient (Wildman–Crippen LogP) is 3.72. The Hall–Kier alpha value is -0.850. The van der Waals surface area contributed by atoms with Crippen LogP contribution < -0.4 is 0 Å². The topological polar surface area (TPSA) is 12.9 Å². The summed E-state index contributed by atoms with van der Waals surface area (Å²) >= 11 is 0. The third-order valence-corrected chi connectivity index (χ3v) is 3.34. The maximum atomic E-state index is 4.46. The van der Waals surface area contributed by atoms with Gasteiger partial charge in [-0.2, -0.15) is 0 Å². The van der Waals surface area contributed by atoms with Crippen molar-refractivity contribution in [2.45, 2.75) is 51.9 Å². The van der Waals surface area contributed by atoms with Gasteiger partial charge in [-0.3, -0.25) is 4.98 Å². The molecule has 0 atom stereocenters. The summed E-state index contributed by atoms with van der Waals surface area (Å²) in [4.78, 5) is 4.46. The standard InChI is InChI=1S/C14H21N/c1-14(2,3)13-10-12(7-8-15-13)9-11-5-4-6-11/h7-8,10-11H,4-6,9H2,1-3H3. The van der Waals surface area contributed by atoms with Gasteiger partial charge in [0, 0.05) is 17.3 Å². The third kappa shape index (κ3) is 2.58. The van der Waals surface area contributed by atoms with Crippen LogP contribution in [0.15, 0.2) is 18.3 Å². The van der Waals surface area contributed by atoms with E-state index in [0.29, 0.717) is 0 Å². The van der Waals surface area contributed by atoms with Crippen LogP contribution in [0.3, 0.4) is 0 Å². The van der Waals surface area contributed by atoms with E-state index in [1.807, 2.05) is 6.20 Å². The van der Waals surface area contributed by atoms with Crippen molar-refractivity contribution in [2.75, 3.05) is 0 Å². The first-order valence-corrected chi connectivity index (χ1v) is 6.01. The van der Waals surface area contributed by atoms with Crippen LogP contribution in [0.4, 0.5) is 0 Å². The molecule has 0 saturated heterocycles. The first-order chi connectivity index (χ1) is 7.05. The van der Waals surface area contributed by atoms with Gasteiger partial charge in [0.05, 0.1) is 0 Å². The van der Waals surface area contributed by atoms with Gasteiger partial charge in [-0.15, -0.1) is 0 Å². The largest absolute Gasteiger partial charge is 0.261 e. The monoisotopic (exact) mass is 203 g/mol. The highest BCUT2D eigenvalue weighted by atomic mass is 14.7. The van der Waals surface area contributed by atoms with Crippen molar-refractivity contribution < 1.29 is 0 Å². The highest BCUT2D eigenvalue weighted by Crippen LogP contribution is 2.30. The summed E-state index contributed by atoms with van der Waals surface area (Å²) in [5.41, 5.74) is 2.87. The Morgan fingerprint density at radius 1 is 1.33 bits per heavy atom. The van der Waals surface area contributed by atoms with Gasteiger partial charge in [-0.1, -0.05) is 40.0 Å². The van der Waals surface area contributed by atoms with Crippen LogP contribution in [-0.2, 0) is 11.8 Å². The minimum Gasteiger partial charge on any atom is -0.261 e. The molecular formula is C14H21N. The van der Waals surface area contributed by atoms with Gasteiger partial charge in [0.1, 0.15) is 0 Å². The molecule has 0 bridgehead atoms. The van der Waals surface area contributed by atoms with Crippen LogP contribution in [0, 0.1) is 5.92 Å². The lowest BCUT2D eigenvalue weighted by Crippen LogP contribution is -2.16. The lowest BCUT2D eigenvalue weighted by atomic mass is 9.80. The molecule has 0 aliphatic heterocycles. The summed E-state index contributed by atoms with van der Waals surface area (Å²) in [6, 6.07) is 4.46. The summed E-state index contributed by atoms with van der Waals surface area (Å²) in [7, 11) is 0. The van der Waals surface area contributed by atoms with Gasteiger partial charge in [0.25, 0.3) is 0 Å². The maximum Gasteiger partial charge on any atom is 0.0459 e. The lowest BCUT2D eigenvalue weighted by molar-refractivity contribution is 0.314. The van der Waals surface area contributed by atoms with Crippen LogP contribution in [0.1, 0.15) is 51.3 Å². The van der Waals surface area contributed by atoms with E-state index in [-0.39, 0.29) is 5.41 Å². The van der Waals surface area contributed by atoms with E-state index in [1.54, 1.807) is 0 Å². The number of hydrogen-bond donors (Lipinski definition) is 0. The molecule has 82 valence electrons. The molecule has 1 fully saturated rings. The maximum absolute atomic E-state index is 4.46. The van der Waals surface area contributed by atoms with Crippen LogP contribution >= 0.6 is 0 Å². The Balaban J connectivity index is 2.11. The van der Waals surface area contributed by atoms with Crippen molar-refractivity contribution in [1.82, 2.24) is 4.98 Å². The average Bonchev–Trinajstić information content (AvgIpc) is 2.11. The molecule has 1 aromatic rings. The van der Waals surface area contributed by atoms with Crippen LogP contribution in [0.5, 0.6) is 0 Å². The van der Waals surface area contributed by atoms with Gasteiger partial charge < -0.3 is 0 Å². The second-order valence-electron chi connectivity index (χ2n) is 5.80. The minimum absolute atomic E-state index is 0.176. The van der Waals surface area contributed by atoms with Crippen LogP contribution in [0.2, 0.25) is 0 Å². The second-order valence-corrected chi connectivity index (χ2v) is 5.80. The Bertz CT molecular complexity index is 331. The van der Waals surface area contributed by atoms with E-state index in [9.17, 15) is 0 Å². The fourth-order valence-corrected chi connectivity index (χ4v) is 2.04. The third-order valence-electron chi connectivity index (χ3n) is 3.34. The van der Waals surface area contributed by atoms with Crippen LogP contribution in [0.25, 0.3) is 0 Å². The number of hydrogen-bond acceptors (Lipinski definition) is 1. The zero-order valence-corrected chi connectivity index (χ0v) is 10.1. The van der Waals surface area contributed by atoms with Crippen molar-refractivity contribution in [3.63, 3.8) is 0 Å². The molecule has 0 N–H and O–H groups in total. The normalized spacial score (nSPS) is 17.5. The first kappa shape index (κ1) is 10.7. The predicted molar refractivity (Wildman–Crippen MR) is 64.0 cm³/mol. The molecule has 0 spiro atoms. The molecule has 1 heterocycles. The van der Waals surface area contributed by atoms with E-state index in [0.717, 1.165) is 5.92 Å². The summed E-state index contributed by atoms with van der Waals surface area (Å²) in [6.07, 6.45) is 7.50. The highest BCUT2D eigenvalue weighted by molar-refractivity contribution is 5.22. The van der Waals surface area contributed by atoms with Gasteiger partial charge in [0.15, 0.2) is 0 Å². The summed E-state index contributed by atoms with van der Waals surface area (Å²) < 4.78 is 0.